The van der Waals surface area contributed by atoms with E-state index in [4.69, 9.17) is 5.73 Å². The Morgan fingerprint density at radius 3 is 2.75 bits per heavy atom. The van der Waals surface area contributed by atoms with Crippen molar-refractivity contribution in [3.8, 4) is 0 Å². The van der Waals surface area contributed by atoms with Gasteiger partial charge >= 0.3 is 5.82 Å². The third kappa shape index (κ3) is 2.85. The molecule has 1 aromatic carbocycles. The fourth-order valence-corrected chi connectivity index (χ4v) is 2.25. The number of halogens is 1. The molecule has 0 aliphatic rings. The number of nitro groups is 1. The molecule has 2 rings (SSSR count). The number of hydrogen-bond acceptors (Lipinski definition) is 4. The van der Waals surface area contributed by atoms with E-state index in [0.717, 1.165) is 11.1 Å². The Kier molecular flexibility index (Phi) is 3.84. The maximum absolute atomic E-state index is 11.1. The molecule has 20 heavy (non-hydrogen) atoms. The molecule has 0 unspecified atom stereocenters. The molecule has 0 bridgehead atoms. The third-order valence-corrected chi connectivity index (χ3v) is 3.39. The second-order valence-electron chi connectivity index (χ2n) is 4.26. The molecular formula is C12H11BrN4O3. The number of amides is 1. The maximum Gasteiger partial charge on any atom is 0.404 e. The number of primary amides is 1. The fourth-order valence-electron chi connectivity index (χ4n) is 1.79. The van der Waals surface area contributed by atoms with E-state index in [1.54, 1.807) is 24.4 Å². The lowest BCUT2D eigenvalue weighted by Gasteiger charge is -2.05. The lowest BCUT2D eigenvalue weighted by atomic mass is 10.0. The van der Waals surface area contributed by atoms with E-state index in [1.807, 2.05) is 6.92 Å². The number of rotatable bonds is 4. The molecule has 0 fully saturated rings. The Morgan fingerprint density at radius 1 is 1.55 bits per heavy atom. The fraction of sp³-hybridized carbons (Fsp3) is 0.167. The molecule has 0 radical (unpaired) electrons. The summed E-state index contributed by atoms with van der Waals surface area (Å²) in [6, 6.07) is 5.07. The smallest absolute Gasteiger partial charge is 0.366 e. The minimum absolute atomic E-state index is 0.226. The first-order valence-corrected chi connectivity index (χ1v) is 6.44. The Hall–Kier alpha value is -2.22. The van der Waals surface area contributed by atoms with Crippen molar-refractivity contribution in [2.75, 3.05) is 0 Å². The summed E-state index contributed by atoms with van der Waals surface area (Å²) in [6.07, 6.45) is 1.54. The minimum atomic E-state index is -0.552. The van der Waals surface area contributed by atoms with Crippen LogP contribution < -0.4 is 5.73 Å². The summed E-state index contributed by atoms with van der Waals surface area (Å²) in [7, 11) is 0. The summed E-state index contributed by atoms with van der Waals surface area (Å²) in [5.74, 6) is -0.714. The van der Waals surface area contributed by atoms with Crippen molar-refractivity contribution in [3.63, 3.8) is 0 Å². The second-order valence-corrected chi connectivity index (χ2v) is 5.12. The van der Waals surface area contributed by atoms with Gasteiger partial charge in [-0.15, -0.1) is 0 Å². The van der Waals surface area contributed by atoms with Gasteiger partial charge in [0, 0.05) is 5.56 Å². The van der Waals surface area contributed by atoms with E-state index in [1.165, 1.54) is 4.68 Å². The predicted octanol–water partition coefficient (Wildman–Crippen LogP) is 2.01. The van der Waals surface area contributed by atoms with Crippen LogP contribution in [0.2, 0.25) is 0 Å². The first-order valence-electron chi connectivity index (χ1n) is 5.65. The molecule has 2 N–H and O–H groups in total. The molecule has 0 spiro atoms. The topological polar surface area (TPSA) is 104 Å². The minimum Gasteiger partial charge on any atom is -0.366 e. The van der Waals surface area contributed by atoms with Crippen LogP contribution in [-0.4, -0.2) is 20.6 Å². The highest BCUT2D eigenvalue weighted by atomic mass is 79.9. The molecule has 0 aliphatic carbocycles. The molecule has 7 nitrogen and oxygen atoms in total. The van der Waals surface area contributed by atoms with E-state index in [0.29, 0.717) is 16.6 Å². The zero-order chi connectivity index (χ0) is 14.9. The van der Waals surface area contributed by atoms with Crippen molar-refractivity contribution in [2.45, 2.75) is 13.5 Å². The van der Waals surface area contributed by atoms with Crippen molar-refractivity contribution >= 4 is 27.7 Å². The van der Waals surface area contributed by atoms with Gasteiger partial charge in [0.1, 0.15) is 4.47 Å². The van der Waals surface area contributed by atoms with Crippen molar-refractivity contribution in [3.05, 3.63) is 55.7 Å². The van der Waals surface area contributed by atoms with E-state index >= 15 is 0 Å². The molecule has 1 heterocycles. The van der Waals surface area contributed by atoms with Gasteiger partial charge in [0.15, 0.2) is 0 Å². The largest absolute Gasteiger partial charge is 0.404 e. The average molecular weight is 339 g/mol. The molecule has 0 saturated carbocycles. The van der Waals surface area contributed by atoms with Crippen molar-refractivity contribution in [2.24, 2.45) is 5.73 Å². The summed E-state index contributed by atoms with van der Waals surface area (Å²) < 4.78 is 1.79. The van der Waals surface area contributed by atoms with Crippen LogP contribution in [-0.2, 0) is 6.54 Å². The molecule has 1 aromatic heterocycles. The molecule has 1 amide bonds. The second kappa shape index (κ2) is 5.41. The lowest BCUT2D eigenvalue weighted by molar-refractivity contribution is -0.390. The average Bonchev–Trinajstić information content (AvgIpc) is 2.73. The monoisotopic (exact) mass is 338 g/mol. The number of carbonyl (C=O) groups is 1. The first-order chi connectivity index (χ1) is 9.38. The van der Waals surface area contributed by atoms with Crippen molar-refractivity contribution in [1.29, 1.82) is 0 Å². The van der Waals surface area contributed by atoms with E-state index in [2.05, 4.69) is 21.0 Å². The van der Waals surface area contributed by atoms with Crippen LogP contribution >= 0.6 is 15.9 Å². The van der Waals surface area contributed by atoms with Gasteiger partial charge in [-0.25, -0.2) is 0 Å². The van der Waals surface area contributed by atoms with E-state index in [-0.39, 0.29) is 5.82 Å². The van der Waals surface area contributed by atoms with Crippen LogP contribution in [0.5, 0.6) is 0 Å². The number of hydrogen-bond donors (Lipinski definition) is 1. The van der Waals surface area contributed by atoms with Crippen LogP contribution in [0.1, 0.15) is 21.5 Å². The molecule has 2 aromatic rings. The Bertz CT molecular complexity index is 696. The van der Waals surface area contributed by atoms with Gasteiger partial charge in [-0.1, -0.05) is 6.07 Å². The van der Waals surface area contributed by atoms with Gasteiger partial charge in [-0.3, -0.25) is 4.79 Å². The zero-order valence-electron chi connectivity index (χ0n) is 10.5. The number of aromatic nitrogens is 2. The Morgan fingerprint density at radius 2 is 2.25 bits per heavy atom. The van der Waals surface area contributed by atoms with Gasteiger partial charge in [-0.05, 0) is 51.0 Å². The van der Waals surface area contributed by atoms with Crippen molar-refractivity contribution in [1.82, 2.24) is 9.78 Å². The van der Waals surface area contributed by atoms with Crippen LogP contribution in [0.4, 0.5) is 5.82 Å². The SMILES string of the molecule is Cc1cc(C(N)=O)ccc1Cn1cc(Br)c([N+](=O)[O-])n1. The molecule has 0 atom stereocenters. The molecule has 0 saturated heterocycles. The first kappa shape index (κ1) is 14.2. The van der Waals surface area contributed by atoms with Gasteiger partial charge in [-0.2, -0.15) is 4.68 Å². The Balaban J connectivity index is 2.28. The number of nitrogens with two attached hydrogens (primary N) is 1. The zero-order valence-corrected chi connectivity index (χ0v) is 12.1. The van der Waals surface area contributed by atoms with Gasteiger partial charge in [0.2, 0.25) is 5.91 Å². The maximum atomic E-state index is 11.1. The predicted molar refractivity (Wildman–Crippen MR) is 75.4 cm³/mol. The quantitative estimate of drug-likeness (QED) is 0.679. The highest BCUT2D eigenvalue weighted by Gasteiger charge is 2.19. The van der Waals surface area contributed by atoms with E-state index < -0.39 is 10.8 Å². The highest BCUT2D eigenvalue weighted by Crippen LogP contribution is 2.23. The summed E-state index contributed by atoms with van der Waals surface area (Å²) >= 11 is 3.09. The highest BCUT2D eigenvalue weighted by molar-refractivity contribution is 9.10. The van der Waals surface area contributed by atoms with E-state index in [9.17, 15) is 14.9 Å². The Labute approximate surface area is 122 Å². The molecule has 104 valence electrons. The molecule has 8 heteroatoms. The third-order valence-electron chi connectivity index (χ3n) is 2.83. The summed E-state index contributed by atoms with van der Waals surface area (Å²) in [5, 5.41) is 14.6. The van der Waals surface area contributed by atoms with Crippen LogP contribution in [0.25, 0.3) is 0 Å². The summed E-state index contributed by atoms with van der Waals surface area (Å²) in [6.45, 7) is 2.21. The van der Waals surface area contributed by atoms with Gasteiger partial charge < -0.3 is 15.8 Å². The number of aryl methyl sites for hydroxylation is 1. The van der Waals surface area contributed by atoms with Crippen molar-refractivity contribution < 1.29 is 9.72 Å². The summed E-state index contributed by atoms with van der Waals surface area (Å²) in [4.78, 5) is 21.2. The van der Waals surface area contributed by atoms with Gasteiger partial charge in [0.05, 0.1) is 17.8 Å². The number of nitrogens with zero attached hydrogens (tertiary/aromatic N) is 3. The molecular weight excluding hydrogens is 328 g/mol. The number of benzene rings is 1. The normalized spacial score (nSPS) is 10.5. The van der Waals surface area contributed by atoms with Crippen LogP contribution in [0, 0.1) is 17.0 Å². The van der Waals surface area contributed by atoms with Crippen LogP contribution in [0.3, 0.4) is 0 Å². The van der Waals surface area contributed by atoms with Crippen LogP contribution in [0.15, 0.2) is 28.9 Å². The lowest BCUT2D eigenvalue weighted by Crippen LogP contribution is -2.12. The van der Waals surface area contributed by atoms with Gasteiger partial charge in [0.25, 0.3) is 0 Å². The standard InChI is InChI=1S/C12H11BrN4O3/c1-7-4-8(11(14)18)2-3-9(7)5-16-6-10(13)12(15-16)17(19)20/h2-4,6H,5H2,1H3,(H2,14,18). The summed E-state index contributed by atoms with van der Waals surface area (Å²) in [5.41, 5.74) is 7.41. The molecule has 0 aliphatic heterocycles. The number of carbonyl (C=O) groups excluding carboxylic acids is 1.